The van der Waals surface area contributed by atoms with Crippen LogP contribution in [0.2, 0.25) is 0 Å². The summed E-state index contributed by atoms with van der Waals surface area (Å²) in [6.07, 6.45) is 2.29. The second-order valence-electron chi connectivity index (χ2n) is 5.35. The number of nitrogens with zero attached hydrogens (tertiary/aromatic N) is 2. The average Bonchev–Trinajstić information content (AvgIpc) is 2.63. The maximum Gasteiger partial charge on any atom is 0.224 e. The molecule has 2 heterocycles. The van der Waals surface area contributed by atoms with Gasteiger partial charge in [0.05, 0.1) is 24.3 Å². The number of rotatable bonds is 5. The predicted octanol–water partition coefficient (Wildman–Crippen LogP) is 3.16. The Balaban J connectivity index is 1.58. The average molecular weight is 328 g/mol. The standard InChI is InChI=1S/C18H20N2O2S/c21-18(9-13-23-17-8-4-5-10-19-17)20-11-12-22-14-16(20)15-6-2-1-3-7-15/h1-8,10,16H,9,11-14H2. The Labute approximate surface area is 140 Å². The Bertz CT molecular complexity index is 621. The van der Waals surface area contributed by atoms with Crippen molar-refractivity contribution < 1.29 is 9.53 Å². The lowest BCUT2D eigenvalue weighted by Crippen LogP contribution is -2.43. The summed E-state index contributed by atoms with van der Waals surface area (Å²) in [6.45, 7) is 1.85. The van der Waals surface area contributed by atoms with Crippen LogP contribution in [-0.2, 0) is 9.53 Å². The largest absolute Gasteiger partial charge is 0.377 e. The molecule has 1 aromatic carbocycles. The highest BCUT2D eigenvalue weighted by molar-refractivity contribution is 7.99. The molecule has 0 radical (unpaired) electrons. The molecule has 1 aliphatic heterocycles. The molecular weight excluding hydrogens is 308 g/mol. The second kappa shape index (κ2) is 8.13. The van der Waals surface area contributed by atoms with E-state index in [2.05, 4.69) is 17.1 Å². The van der Waals surface area contributed by atoms with Gasteiger partial charge in [-0.1, -0.05) is 36.4 Å². The fourth-order valence-electron chi connectivity index (χ4n) is 2.67. The predicted molar refractivity (Wildman–Crippen MR) is 91.3 cm³/mol. The lowest BCUT2D eigenvalue weighted by molar-refractivity contribution is -0.139. The quantitative estimate of drug-likeness (QED) is 0.791. The van der Waals surface area contributed by atoms with Crippen molar-refractivity contribution in [1.82, 2.24) is 9.88 Å². The molecule has 1 unspecified atom stereocenters. The zero-order chi connectivity index (χ0) is 15.9. The molecule has 1 aromatic heterocycles. The molecule has 1 fully saturated rings. The van der Waals surface area contributed by atoms with Crippen molar-refractivity contribution in [3.63, 3.8) is 0 Å². The van der Waals surface area contributed by atoms with Crippen LogP contribution in [-0.4, -0.2) is 41.3 Å². The van der Waals surface area contributed by atoms with Crippen LogP contribution < -0.4 is 0 Å². The van der Waals surface area contributed by atoms with Gasteiger partial charge in [0.15, 0.2) is 0 Å². The van der Waals surface area contributed by atoms with Gasteiger partial charge in [-0.15, -0.1) is 11.8 Å². The molecule has 3 rings (SSSR count). The van der Waals surface area contributed by atoms with Crippen LogP contribution in [0.3, 0.4) is 0 Å². The molecule has 0 aliphatic carbocycles. The van der Waals surface area contributed by atoms with Gasteiger partial charge in [0.25, 0.3) is 0 Å². The SMILES string of the molecule is O=C(CCSc1ccccn1)N1CCOCC1c1ccccc1. The molecular formula is C18H20N2O2S. The zero-order valence-corrected chi connectivity index (χ0v) is 13.7. The van der Waals surface area contributed by atoms with Gasteiger partial charge < -0.3 is 9.64 Å². The van der Waals surface area contributed by atoms with Crippen molar-refractivity contribution in [1.29, 1.82) is 0 Å². The van der Waals surface area contributed by atoms with Gasteiger partial charge in [-0.2, -0.15) is 0 Å². The first-order valence-corrected chi connectivity index (χ1v) is 8.79. The minimum Gasteiger partial charge on any atom is -0.377 e. The van der Waals surface area contributed by atoms with Gasteiger partial charge in [-0.3, -0.25) is 4.79 Å². The second-order valence-corrected chi connectivity index (χ2v) is 6.47. The molecule has 0 N–H and O–H groups in total. The van der Waals surface area contributed by atoms with E-state index in [1.165, 1.54) is 0 Å². The van der Waals surface area contributed by atoms with E-state index in [-0.39, 0.29) is 11.9 Å². The summed E-state index contributed by atoms with van der Waals surface area (Å²) >= 11 is 1.62. The van der Waals surface area contributed by atoms with Crippen molar-refractivity contribution >= 4 is 17.7 Å². The Morgan fingerprint density at radius 2 is 2.04 bits per heavy atom. The van der Waals surface area contributed by atoms with E-state index in [1.54, 1.807) is 18.0 Å². The number of carbonyl (C=O) groups is 1. The third-order valence-corrected chi connectivity index (χ3v) is 4.78. The normalized spacial score (nSPS) is 17.9. The molecule has 2 aromatic rings. The van der Waals surface area contributed by atoms with E-state index in [4.69, 9.17) is 4.74 Å². The van der Waals surface area contributed by atoms with E-state index >= 15 is 0 Å². The Kier molecular flexibility index (Phi) is 5.66. The maximum absolute atomic E-state index is 12.6. The fourth-order valence-corrected chi connectivity index (χ4v) is 3.47. The molecule has 1 atom stereocenters. The van der Waals surface area contributed by atoms with Crippen molar-refractivity contribution in [3.05, 3.63) is 60.3 Å². The number of aromatic nitrogens is 1. The number of thioether (sulfide) groups is 1. The third-order valence-electron chi connectivity index (χ3n) is 3.84. The maximum atomic E-state index is 12.6. The number of morpholine rings is 1. The molecule has 1 amide bonds. The van der Waals surface area contributed by atoms with Crippen LogP contribution in [0.15, 0.2) is 59.8 Å². The highest BCUT2D eigenvalue weighted by Gasteiger charge is 2.28. The summed E-state index contributed by atoms with van der Waals surface area (Å²) in [4.78, 5) is 18.8. The number of benzene rings is 1. The van der Waals surface area contributed by atoms with Crippen molar-refractivity contribution in [2.24, 2.45) is 0 Å². The molecule has 23 heavy (non-hydrogen) atoms. The van der Waals surface area contributed by atoms with E-state index in [0.29, 0.717) is 26.2 Å². The smallest absolute Gasteiger partial charge is 0.224 e. The first-order chi connectivity index (χ1) is 11.3. The fraction of sp³-hybridized carbons (Fsp3) is 0.333. The van der Waals surface area contributed by atoms with Crippen LogP contribution in [0.5, 0.6) is 0 Å². The number of carbonyl (C=O) groups excluding carboxylic acids is 1. The topological polar surface area (TPSA) is 42.4 Å². The van der Waals surface area contributed by atoms with Crippen molar-refractivity contribution in [3.8, 4) is 0 Å². The summed E-state index contributed by atoms with van der Waals surface area (Å²) in [6, 6.07) is 16.0. The van der Waals surface area contributed by atoms with E-state index in [0.717, 1.165) is 16.3 Å². The Hall–Kier alpha value is -1.85. The molecule has 1 saturated heterocycles. The first kappa shape index (κ1) is 16.0. The van der Waals surface area contributed by atoms with Gasteiger partial charge in [0.1, 0.15) is 0 Å². The van der Waals surface area contributed by atoms with Gasteiger partial charge >= 0.3 is 0 Å². The van der Waals surface area contributed by atoms with Crippen LogP contribution in [0.4, 0.5) is 0 Å². The summed E-state index contributed by atoms with van der Waals surface area (Å²) in [5, 5.41) is 0.960. The Morgan fingerprint density at radius 1 is 1.22 bits per heavy atom. The van der Waals surface area contributed by atoms with Crippen LogP contribution in [0.25, 0.3) is 0 Å². The minimum absolute atomic E-state index is 0.0253. The van der Waals surface area contributed by atoms with Crippen molar-refractivity contribution in [2.75, 3.05) is 25.5 Å². The third kappa shape index (κ3) is 4.33. The first-order valence-electron chi connectivity index (χ1n) is 7.80. The van der Waals surface area contributed by atoms with Gasteiger partial charge in [0.2, 0.25) is 5.91 Å². The summed E-state index contributed by atoms with van der Waals surface area (Å²) < 4.78 is 5.58. The molecule has 0 saturated carbocycles. The highest BCUT2D eigenvalue weighted by Crippen LogP contribution is 2.25. The number of pyridine rings is 1. The molecule has 120 valence electrons. The van der Waals surface area contributed by atoms with Gasteiger partial charge in [-0.05, 0) is 17.7 Å². The lowest BCUT2D eigenvalue weighted by Gasteiger charge is -2.36. The summed E-state index contributed by atoms with van der Waals surface area (Å²) in [5.41, 5.74) is 1.14. The molecule has 5 heteroatoms. The van der Waals surface area contributed by atoms with E-state index < -0.39 is 0 Å². The monoisotopic (exact) mass is 328 g/mol. The van der Waals surface area contributed by atoms with Crippen LogP contribution >= 0.6 is 11.8 Å². The summed E-state index contributed by atoms with van der Waals surface area (Å²) in [5.74, 6) is 0.930. The van der Waals surface area contributed by atoms with Gasteiger partial charge in [0, 0.05) is 24.9 Å². The lowest BCUT2D eigenvalue weighted by atomic mass is 10.0. The number of hydrogen-bond donors (Lipinski definition) is 0. The number of amides is 1. The van der Waals surface area contributed by atoms with Crippen LogP contribution in [0, 0.1) is 0 Å². The van der Waals surface area contributed by atoms with E-state index in [9.17, 15) is 4.79 Å². The zero-order valence-electron chi connectivity index (χ0n) is 12.9. The Morgan fingerprint density at radius 3 is 2.83 bits per heavy atom. The molecule has 4 nitrogen and oxygen atoms in total. The summed E-state index contributed by atoms with van der Waals surface area (Å²) in [7, 11) is 0. The molecule has 1 aliphatic rings. The van der Waals surface area contributed by atoms with Gasteiger partial charge in [-0.25, -0.2) is 4.98 Å². The highest BCUT2D eigenvalue weighted by atomic mass is 32.2. The number of hydrogen-bond acceptors (Lipinski definition) is 4. The molecule has 0 spiro atoms. The minimum atomic E-state index is 0.0253. The van der Waals surface area contributed by atoms with E-state index in [1.807, 2.05) is 41.3 Å². The van der Waals surface area contributed by atoms with Crippen molar-refractivity contribution in [2.45, 2.75) is 17.5 Å². The van der Waals surface area contributed by atoms with Crippen LogP contribution in [0.1, 0.15) is 18.0 Å². The molecule has 0 bridgehead atoms. The number of ether oxygens (including phenoxy) is 1.